The van der Waals surface area contributed by atoms with Crippen molar-refractivity contribution in [3.05, 3.63) is 39.3 Å². The second-order valence-corrected chi connectivity index (χ2v) is 2.33. The average molecular weight is 200 g/mol. The molecule has 13 heavy (non-hydrogen) atoms. The first-order valence-electron chi connectivity index (χ1n) is 3.34. The van der Waals surface area contributed by atoms with Gasteiger partial charge in [-0.15, -0.1) is 12.4 Å². The number of rotatable bonds is 0. The first-order chi connectivity index (χ1) is 5.77. The van der Waals surface area contributed by atoms with E-state index in [1.807, 2.05) is 0 Å². The van der Waals surface area contributed by atoms with E-state index in [2.05, 4.69) is 15.0 Å². The topological polar surface area (TPSA) is 78.6 Å². The maximum Gasteiger partial charge on any atom is 0.326 e. The number of pyridine rings is 1. The molecule has 2 N–H and O–H groups in total. The van der Waals surface area contributed by atoms with Gasteiger partial charge in [0.15, 0.2) is 0 Å². The second kappa shape index (κ2) is 3.40. The zero-order valence-corrected chi connectivity index (χ0v) is 7.22. The number of aromatic nitrogens is 3. The van der Waals surface area contributed by atoms with Gasteiger partial charge < -0.3 is 4.98 Å². The number of hydrogen-bond donors (Lipinski definition) is 2. The SMILES string of the molecule is Cl.O=c1[nH]c(=O)c2ccncc2[nH]1. The molecule has 68 valence electrons. The number of hydrogen-bond acceptors (Lipinski definition) is 3. The van der Waals surface area contributed by atoms with Crippen molar-refractivity contribution in [1.29, 1.82) is 0 Å². The second-order valence-electron chi connectivity index (χ2n) is 2.33. The van der Waals surface area contributed by atoms with E-state index in [0.29, 0.717) is 10.9 Å². The van der Waals surface area contributed by atoms with Gasteiger partial charge in [0.2, 0.25) is 0 Å². The van der Waals surface area contributed by atoms with Crippen molar-refractivity contribution in [2.75, 3.05) is 0 Å². The molecule has 0 saturated heterocycles. The molecule has 2 heterocycles. The maximum atomic E-state index is 11.1. The van der Waals surface area contributed by atoms with Gasteiger partial charge in [-0.05, 0) is 6.07 Å². The summed E-state index contributed by atoms with van der Waals surface area (Å²) in [4.78, 5) is 30.2. The number of fused-ring (bicyclic) bond motifs is 1. The molecular formula is C7H6ClN3O2. The zero-order chi connectivity index (χ0) is 8.55. The van der Waals surface area contributed by atoms with Crippen molar-refractivity contribution >= 4 is 23.3 Å². The molecule has 2 rings (SSSR count). The molecule has 5 nitrogen and oxygen atoms in total. The van der Waals surface area contributed by atoms with Gasteiger partial charge in [-0.2, -0.15) is 0 Å². The highest BCUT2D eigenvalue weighted by molar-refractivity contribution is 5.85. The minimum Gasteiger partial charge on any atom is -0.305 e. The molecule has 0 radical (unpaired) electrons. The molecule has 2 aromatic heterocycles. The predicted octanol–water partition coefficient (Wildman–Crippen LogP) is 0.0332. The van der Waals surface area contributed by atoms with Crippen molar-refractivity contribution in [3.8, 4) is 0 Å². The van der Waals surface area contributed by atoms with E-state index in [-0.39, 0.29) is 12.4 Å². The standard InChI is InChI=1S/C7H5N3O2.ClH/c11-6-4-1-2-8-3-5(4)9-7(12)10-6;/h1-3H,(H2,9,10,11,12);1H. The fraction of sp³-hybridized carbons (Fsp3) is 0. The van der Waals surface area contributed by atoms with Crippen molar-refractivity contribution in [3.63, 3.8) is 0 Å². The molecule has 0 aromatic carbocycles. The van der Waals surface area contributed by atoms with Crippen molar-refractivity contribution in [1.82, 2.24) is 15.0 Å². The van der Waals surface area contributed by atoms with E-state index in [1.165, 1.54) is 12.4 Å². The van der Waals surface area contributed by atoms with E-state index in [4.69, 9.17) is 0 Å². The average Bonchev–Trinajstić information content (AvgIpc) is 2.04. The van der Waals surface area contributed by atoms with Gasteiger partial charge in [0, 0.05) is 6.20 Å². The Morgan fingerprint density at radius 3 is 2.77 bits per heavy atom. The molecule has 0 atom stereocenters. The Labute approximate surface area is 78.2 Å². The largest absolute Gasteiger partial charge is 0.326 e. The first kappa shape index (κ1) is 9.47. The summed E-state index contributed by atoms with van der Waals surface area (Å²) in [6, 6.07) is 1.55. The van der Waals surface area contributed by atoms with E-state index in [9.17, 15) is 9.59 Å². The van der Waals surface area contributed by atoms with Gasteiger partial charge in [-0.1, -0.05) is 0 Å². The van der Waals surface area contributed by atoms with Crippen LogP contribution in [-0.2, 0) is 0 Å². The number of aromatic amines is 2. The summed E-state index contributed by atoms with van der Waals surface area (Å²) >= 11 is 0. The number of nitrogens with one attached hydrogen (secondary N) is 2. The molecule has 0 aliphatic carbocycles. The molecule has 0 saturated carbocycles. The Kier molecular flexibility index (Phi) is 2.48. The summed E-state index contributed by atoms with van der Waals surface area (Å²) in [5.74, 6) is 0. The van der Waals surface area contributed by atoms with Crippen LogP contribution in [-0.4, -0.2) is 15.0 Å². The maximum absolute atomic E-state index is 11.1. The Morgan fingerprint density at radius 1 is 1.23 bits per heavy atom. The molecule has 0 bridgehead atoms. The molecule has 0 unspecified atom stereocenters. The van der Waals surface area contributed by atoms with Crippen LogP contribution in [0.25, 0.3) is 10.9 Å². The quantitative estimate of drug-likeness (QED) is 0.629. The lowest BCUT2D eigenvalue weighted by Crippen LogP contribution is -2.21. The van der Waals surface area contributed by atoms with Gasteiger partial charge >= 0.3 is 5.69 Å². The van der Waals surface area contributed by atoms with Crippen LogP contribution in [0.1, 0.15) is 0 Å². The van der Waals surface area contributed by atoms with Crippen LogP contribution in [0.4, 0.5) is 0 Å². The summed E-state index contributed by atoms with van der Waals surface area (Å²) in [6.45, 7) is 0. The van der Waals surface area contributed by atoms with Gasteiger partial charge in [0.25, 0.3) is 5.56 Å². The smallest absolute Gasteiger partial charge is 0.305 e. The van der Waals surface area contributed by atoms with Gasteiger partial charge in [-0.25, -0.2) is 4.79 Å². The molecule has 0 amide bonds. The Hall–Kier alpha value is -1.62. The minimum atomic E-state index is -0.513. The van der Waals surface area contributed by atoms with Crippen molar-refractivity contribution in [2.45, 2.75) is 0 Å². The molecule has 0 spiro atoms. The lowest BCUT2D eigenvalue weighted by molar-refractivity contribution is 1.07. The van der Waals surface area contributed by atoms with Crippen LogP contribution in [0.5, 0.6) is 0 Å². The van der Waals surface area contributed by atoms with E-state index in [1.54, 1.807) is 6.07 Å². The third-order valence-electron chi connectivity index (χ3n) is 1.54. The normalized spacial score (nSPS) is 9.54. The molecule has 0 aliphatic rings. The molecule has 2 aromatic rings. The Balaban J connectivity index is 0.000000845. The van der Waals surface area contributed by atoms with Crippen LogP contribution in [0.3, 0.4) is 0 Å². The lowest BCUT2D eigenvalue weighted by Gasteiger charge is -1.92. The van der Waals surface area contributed by atoms with Crippen LogP contribution >= 0.6 is 12.4 Å². The minimum absolute atomic E-state index is 0. The van der Waals surface area contributed by atoms with E-state index >= 15 is 0 Å². The molecular weight excluding hydrogens is 194 g/mol. The molecule has 0 fully saturated rings. The number of nitrogens with zero attached hydrogens (tertiary/aromatic N) is 1. The van der Waals surface area contributed by atoms with Gasteiger partial charge in [0.1, 0.15) is 0 Å². The number of halogens is 1. The van der Waals surface area contributed by atoms with Crippen molar-refractivity contribution < 1.29 is 0 Å². The summed E-state index contributed by atoms with van der Waals surface area (Å²) in [5.41, 5.74) is -0.456. The fourth-order valence-electron chi connectivity index (χ4n) is 1.02. The van der Waals surface area contributed by atoms with Gasteiger partial charge in [0.05, 0.1) is 17.1 Å². The lowest BCUT2D eigenvalue weighted by atomic mass is 10.3. The highest BCUT2D eigenvalue weighted by Gasteiger charge is 1.97. The van der Waals surface area contributed by atoms with E-state index < -0.39 is 11.2 Å². The van der Waals surface area contributed by atoms with Gasteiger partial charge in [-0.3, -0.25) is 14.8 Å². The fourth-order valence-corrected chi connectivity index (χ4v) is 1.02. The Bertz CT molecular complexity index is 531. The first-order valence-corrected chi connectivity index (χ1v) is 3.34. The summed E-state index contributed by atoms with van der Waals surface area (Å²) < 4.78 is 0. The van der Waals surface area contributed by atoms with Crippen molar-refractivity contribution in [2.24, 2.45) is 0 Å². The monoisotopic (exact) mass is 199 g/mol. The van der Waals surface area contributed by atoms with Crippen LogP contribution in [0.15, 0.2) is 28.0 Å². The summed E-state index contributed by atoms with van der Waals surface area (Å²) in [7, 11) is 0. The molecule has 0 aliphatic heterocycles. The van der Waals surface area contributed by atoms with Crippen LogP contribution in [0.2, 0.25) is 0 Å². The zero-order valence-electron chi connectivity index (χ0n) is 6.40. The van der Waals surface area contributed by atoms with E-state index in [0.717, 1.165) is 0 Å². The summed E-state index contributed by atoms with van der Waals surface area (Å²) in [6.07, 6.45) is 2.93. The summed E-state index contributed by atoms with van der Waals surface area (Å²) in [5, 5.41) is 0.435. The highest BCUT2D eigenvalue weighted by atomic mass is 35.5. The number of H-pyrrole nitrogens is 2. The highest BCUT2D eigenvalue weighted by Crippen LogP contribution is 1.98. The third-order valence-corrected chi connectivity index (χ3v) is 1.54. The predicted molar refractivity (Wildman–Crippen MR) is 50.2 cm³/mol. The molecule has 6 heteroatoms. The van der Waals surface area contributed by atoms with Crippen LogP contribution < -0.4 is 11.2 Å². The Morgan fingerprint density at radius 2 is 2.00 bits per heavy atom. The van der Waals surface area contributed by atoms with Crippen LogP contribution in [0, 0.1) is 0 Å². The third kappa shape index (κ3) is 1.59.